The van der Waals surface area contributed by atoms with E-state index in [1.54, 1.807) is 16.8 Å². The maximum Gasteiger partial charge on any atom is 0.322 e. The minimum absolute atomic E-state index is 0.0651. The topological polar surface area (TPSA) is 114 Å². The second kappa shape index (κ2) is 9.10. The predicted molar refractivity (Wildman–Crippen MR) is 139 cm³/mol. The monoisotopic (exact) mass is 501 g/mol. The molecule has 1 unspecified atom stereocenters. The summed E-state index contributed by atoms with van der Waals surface area (Å²) in [6.45, 7) is 4.14. The molecule has 1 saturated heterocycles. The maximum atomic E-state index is 13.2. The first kappa shape index (κ1) is 23.3. The maximum absolute atomic E-state index is 13.2. The van der Waals surface area contributed by atoms with Crippen molar-refractivity contribution in [3.63, 3.8) is 0 Å². The van der Waals surface area contributed by atoms with Gasteiger partial charge in [-0.15, -0.1) is 0 Å². The number of aromatic nitrogens is 2. The Morgan fingerprint density at radius 1 is 1.11 bits per heavy atom. The molecule has 2 aromatic carbocycles. The van der Waals surface area contributed by atoms with Crippen LogP contribution in [0.2, 0.25) is 0 Å². The summed E-state index contributed by atoms with van der Waals surface area (Å²) in [5.74, 6) is -0.0996. The number of aromatic amines is 1. The van der Waals surface area contributed by atoms with Crippen molar-refractivity contribution in [3.8, 4) is 0 Å². The predicted octanol–water partition coefficient (Wildman–Crippen LogP) is 2.98. The highest BCUT2D eigenvalue weighted by Crippen LogP contribution is 2.30. The minimum atomic E-state index is -0.635. The van der Waals surface area contributed by atoms with Gasteiger partial charge in [0.2, 0.25) is 5.91 Å². The minimum Gasteiger partial charge on any atom is -0.340 e. The molecular weight excluding hydrogens is 470 g/mol. The second-order valence-electron chi connectivity index (χ2n) is 10.3. The van der Waals surface area contributed by atoms with Gasteiger partial charge < -0.3 is 25.3 Å². The van der Waals surface area contributed by atoms with E-state index >= 15 is 0 Å². The van der Waals surface area contributed by atoms with E-state index in [4.69, 9.17) is 0 Å². The Kier molecular flexibility index (Phi) is 5.73. The van der Waals surface area contributed by atoms with Crippen LogP contribution in [0.1, 0.15) is 35.1 Å². The zero-order valence-corrected chi connectivity index (χ0v) is 21.1. The number of hydrogen-bond acceptors (Lipinski definition) is 4. The van der Waals surface area contributed by atoms with E-state index in [1.165, 1.54) is 0 Å². The summed E-state index contributed by atoms with van der Waals surface area (Å²) in [5, 5.41) is 14.2. The number of nitrogens with zero attached hydrogens (tertiary/aromatic N) is 4. The smallest absolute Gasteiger partial charge is 0.322 e. The largest absolute Gasteiger partial charge is 0.340 e. The van der Waals surface area contributed by atoms with Gasteiger partial charge in [-0.25, -0.2) is 9.59 Å². The number of aryl methyl sites for hydroxylation is 1. The lowest BCUT2D eigenvalue weighted by atomic mass is 9.96. The number of fused-ring (bicyclic) bond motifs is 4. The highest BCUT2D eigenvalue weighted by molar-refractivity contribution is 5.93. The van der Waals surface area contributed by atoms with Crippen molar-refractivity contribution in [2.24, 2.45) is 0 Å². The molecule has 1 aromatic heterocycles. The highest BCUT2D eigenvalue weighted by atomic mass is 16.2. The zero-order valence-electron chi connectivity index (χ0n) is 21.1. The molecule has 10 heteroatoms. The number of piperidine rings is 1. The molecule has 6 rings (SSSR count). The van der Waals surface area contributed by atoms with Gasteiger partial charge in [0.05, 0.1) is 11.7 Å². The molecule has 0 aliphatic carbocycles. The first-order valence-electron chi connectivity index (χ1n) is 12.8. The molecule has 5 amide bonds. The molecule has 3 aliphatic rings. The number of anilines is 1. The van der Waals surface area contributed by atoms with Crippen LogP contribution in [0, 0.1) is 6.92 Å². The number of carbonyl (C=O) groups is 3. The number of benzene rings is 2. The van der Waals surface area contributed by atoms with E-state index in [0.29, 0.717) is 45.4 Å². The number of urea groups is 2. The Labute approximate surface area is 215 Å². The lowest BCUT2D eigenvalue weighted by Crippen LogP contribution is -2.55. The van der Waals surface area contributed by atoms with Crippen LogP contribution in [0.25, 0.3) is 10.9 Å². The molecule has 3 aromatic rings. The summed E-state index contributed by atoms with van der Waals surface area (Å²) < 4.78 is 0. The molecule has 4 heterocycles. The van der Waals surface area contributed by atoms with Crippen molar-refractivity contribution >= 4 is 34.6 Å². The fourth-order valence-electron chi connectivity index (χ4n) is 5.92. The molecule has 0 radical (unpaired) electrons. The number of H-pyrrole nitrogens is 1. The first-order chi connectivity index (χ1) is 17.9. The standard InChI is InChI=1S/C27H31N7O3/c1-16-11-18-12-23(25(35)32(2)15-21(18)20-13-28-31-24(16)20)30-26(36)33-9-7-19(8-10-33)34-14-17-5-3-4-6-22(17)29-27(34)37/h3-6,11,13,19,23H,7-10,12,14-15H2,1-2H3,(H,28,31)(H,29,37)(H,30,36). The summed E-state index contributed by atoms with van der Waals surface area (Å²) in [6, 6.07) is 9.04. The van der Waals surface area contributed by atoms with Gasteiger partial charge in [-0.1, -0.05) is 24.3 Å². The normalized spacial score (nSPS) is 20.4. The number of carbonyl (C=O) groups excluding carboxylic acids is 3. The first-order valence-corrected chi connectivity index (χ1v) is 12.8. The fourth-order valence-corrected chi connectivity index (χ4v) is 5.92. The molecule has 3 aliphatic heterocycles. The number of amides is 5. The Bertz CT molecular complexity index is 1390. The lowest BCUT2D eigenvalue weighted by molar-refractivity contribution is -0.132. The number of para-hydroxylation sites is 1. The van der Waals surface area contributed by atoms with Crippen LogP contribution in [0.3, 0.4) is 0 Å². The van der Waals surface area contributed by atoms with Crippen LogP contribution in [0.5, 0.6) is 0 Å². The average molecular weight is 502 g/mol. The quantitative estimate of drug-likeness (QED) is 0.501. The summed E-state index contributed by atoms with van der Waals surface area (Å²) in [7, 11) is 1.77. The van der Waals surface area contributed by atoms with E-state index < -0.39 is 6.04 Å². The molecule has 10 nitrogen and oxygen atoms in total. The Hall–Kier alpha value is -4.08. The van der Waals surface area contributed by atoms with Gasteiger partial charge in [-0.3, -0.25) is 9.89 Å². The average Bonchev–Trinajstić information content (AvgIpc) is 3.36. The van der Waals surface area contributed by atoms with Crippen LogP contribution >= 0.6 is 0 Å². The molecule has 1 atom stereocenters. The molecule has 0 spiro atoms. The third-order valence-electron chi connectivity index (χ3n) is 7.98. The summed E-state index contributed by atoms with van der Waals surface area (Å²) in [5.41, 5.74) is 6.15. The van der Waals surface area contributed by atoms with Crippen molar-refractivity contribution in [3.05, 3.63) is 58.8 Å². The van der Waals surface area contributed by atoms with Crippen molar-refractivity contribution in [2.75, 3.05) is 25.5 Å². The van der Waals surface area contributed by atoms with E-state index in [9.17, 15) is 14.4 Å². The van der Waals surface area contributed by atoms with E-state index in [1.807, 2.05) is 42.3 Å². The van der Waals surface area contributed by atoms with Gasteiger partial charge in [0.15, 0.2) is 0 Å². The molecule has 0 bridgehead atoms. The Balaban J connectivity index is 1.12. The summed E-state index contributed by atoms with van der Waals surface area (Å²) in [6.07, 6.45) is 3.64. The van der Waals surface area contributed by atoms with Crippen LogP contribution in [-0.2, 0) is 24.3 Å². The fraction of sp³-hybridized carbons (Fsp3) is 0.407. The summed E-state index contributed by atoms with van der Waals surface area (Å²) >= 11 is 0. The van der Waals surface area contributed by atoms with Crippen molar-refractivity contribution in [1.29, 1.82) is 0 Å². The number of hydrogen-bond donors (Lipinski definition) is 3. The Morgan fingerprint density at radius 2 is 1.89 bits per heavy atom. The highest BCUT2D eigenvalue weighted by Gasteiger charge is 2.35. The number of rotatable bonds is 2. The van der Waals surface area contributed by atoms with Crippen molar-refractivity contribution < 1.29 is 14.4 Å². The molecule has 192 valence electrons. The molecule has 1 fully saturated rings. The van der Waals surface area contributed by atoms with Gasteiger partial charge in [0.25, 0.3) is 0 Å². The zero-order chi connectivity index (χ0) is 25.7. The molecule has 0 saturated carbocycles. The van der Waals surface area contributed by atoms with Gasteiger partial charge in [0.1, 0.15) is 6.04 Å². The molecule has 37 heavy (non-hydrogen) atoms. The molecule has 3 N–H and O–H groups in total. The molecular formula is C27H31N7O3. The van der Waals surface area contributed by atoms with Crippen molar-refractivity contribution in [2.45, 2.75) is 51.4 Å². The van der Waals surface area contributed by atoms with E-state index in [0.717, 1.165) is 38.8 Å². The van der Waals surface area contributed by atoms with Crippen LogP contribution in [0.4, 0.5) is 15.3 Å². The van der Waals surface area contributed by atoms with Crippen LogP contribution in [-0.4, -0.2) is 75.1 Å². The van der Waals surface area contributed by atoms with Gasteiger partial charge >= 0.3 is 12.1 Å². The van der Waals surface area contributed by atoms with E-state index in [-0.39, 0.29) is 24.0 Å². The van der Waals surface area contributed by atoms with Gasteiger partial charge in [-0.05, 0) is 48.1 Å². The van der Waals surface area contributed by atoms with Gasteiger partial charge in [0, 0.05) is 56.8 Å². The number of likely N-dealkylation sites (N-methyl/N-ethyl adjacent to an activating group) is 1. The van der Waals surface area contributed by atoms with Crippen LogP contribution < -0.4 is 10.6 Å². The Morgan fingerprint density at radius 3 is 2.70 bits per heavy atom. The number of nitrogens with one attached hydrogen (secondary N) is 3. The lowest BCUT2D eigenvalue weighted by Gasteiger charge is -2.40. The number of likely N-dealkylation sites (tertiary alicyclic amines) is 1. The van der Waals surface area contributed by atoms with E-state index in [2.05, 4.69) is 26.9 Å². The van der Waals surface area contributed by atoms with Crippen molar-refractivity contribution in [1.82, 2.24) is 30.2 Å². The van der Waals surface area contributed by atoms with Gasteiger partial charge in [-0.2, -0.15) is 5.10 Å². The van der Waals surface area contributed by atoms with Crippen LogP contribution in [0.15, 0.2) is 36.5 Å². The third kappa shape index (κ3) is 4.16. The third-order valence-corrected chi connectivity index (χ3v) is 7.98. The second-order valence-corrected chi connectivity index (χ2v) is 10.3. The summed E-state index contributed by atoms with van der Waals surface area (Å²) in [4.78, 5) is 44.4. The SMILES string of the molecule is Cc1cc2c(c3cn[nH]c13)CN(C)C(=O)C(NC(=O)N1CCC(N3Cc4ccccc4NC3=O)CC1)C2.